The molecule has 3 heteroatoms. The van der Waals surface area contributed by atoms with Crippen molar-refractivity contribution in [2.75, 3.05) is 6.54 Å². The van der Waals surface area contributed by atoms with E-state index >= 15 is 0 Å². The molecular weight excluding hydrogens is 269 g/mol. The molecule has 0 aliphatic rings. The van der Waals surface area contributed by atoms with Crippen LogP contribution in [0.4, 0.5) is 4.39 Å². The summed E-state index contributed by atoms with van der Waals surface area (Å²) in [6.45, 7) is 4.73. The monoisotopic (exact) mass is 283 g/mol. The van der Waals surface area contributed by atoms with Gasteiger partial charge in [0.15, 0.2) is 0 Å². The molecule has 0 heterocycles. The summed E-state index contributed by atoms with van der Waals surface area (Å²) >= 11 is 3.36. The summed E-state index contributed by atoms with van der Waals surface area (Å²) in [5.41, 5.74) is 1.06. The van der Waals surface area contributed by atoms with Gasteiger partial charge in [-0.3, -0.25) is 0 Å². The first-order valence-electron chi connectivity index (χ1n) is 5.23. The van der Waals surface area contributed by atoms with Gasteiger partial charge in [0.25, 0.3) is 0 Å². The van der Waals surface area contributed by atoms with E-state index in [1.807, 2.05) is 6.92 Å². The maximum atomic E-state index is 12.9. The molecule has 0 aromatic heterocycles. The molecule has 1 N–H and O–H groups in total. The van der Waals surface area contributed by atoms with Crippen LogP contribution in [0.1, 0.15) is 31.9 Å². The molecular formula is C13H15BrFN. The Morgan fingerprint density at radius 3 is 2.88 bits per heavy atom. The van der Waals surface area contributed by atoms with Crippen molar-refractivity contribution in [3.63, 3.8) is 0 Å². The van der Waals surface area contributed by atoms with E-state index in [4.69, 9.17) is 0 Å². The standard InChI is InChI=1S/C13H15BrFN/c1-3-4-5-8-16-10(2)12-7-6-11(15)9-13(12)14/h6-7,9-10,16H,5,8H2,1-2H3. The summed E-state index contributed by atoms with van der Waals surface area (Å²) in [6, 6.07) is 4.94. The van der Waals surface area contributed by atoms with Crippen LogP contribution in [-0.4, -0.2) is 6.54 Å². The van der Waals surface area contributed by atoms with Gasteiger partial charge in [-0.2, -0.15) is 0 Å². The third kappa shape index (κ3) is 3.96. The smallest absolute Gasteiger partial charge is 0.124 e. The van der Waals surface area contributed by atoms with Crippen molar-refractivity contribution in [1.29, 1.82) is 0 Å². The van der Waals surface area contributed by atoms with E-state index in [0.29, 0.717) is 0 Å². The van der Waals surface area contributed by atoms with Crippen LogP contribution >= 0.6 is 15.9 Å². The zero-order chi connectivity index (χ0) is 12.0. The highest BCUT2D eigenvalue weighted by molar-refractivity contribution is 9.10. The third-order valence-corrected chi connectivity index (χ3v) is 2.99. The van der Waals surface area contributed by atoms with Crippen LogP contribution in [0.25, 0.3) is 0 Å². The summed E-state index contributed by atoms with van der Waals surface area (Å²) in [7, 11) is 0. The van der Waals surface area contributed by atoms with Crippen LogP contribution in [-0.2, 0) is 0 Å². The molecule has 1 atom stereocenters. The van der Waals surface area contributed by atoms with Gasteiger partial charge in [0.2, 0.25) is 0 Å². The fourth-order valence-corrected chi connectivity index (χ4v) is 2.13. The molecule has 0 bridgehead atoms. The zero-order valence-corrected chi connectivity index (χ0v) is 11.1. The van der Waals surface area contributed by atoms with Gasteiger partial charge in [0, 0.05) is 23.5 Å². The minimum absolute atomic E-state index is 0.189. The maximum absolute atomic E-state index is 12.9. The highest BCUT2D eigenvalue weighted by Gasteiger charge is 2.08. The first kappa shape index (κ1) is 13.2. The van der Waals surface area contributed by atoms with E-state index in [1.165, 1.54) is 12.1 Å². The number of benzene rings is 1. The van der Waals surface area contributed by atoms with E-state index in [0.717, 1.165) is 23.0 Å². The highest BCUT2D eigenvalue weighted by Crippen LogP contribution is 2.23. The molecule has 0 radical (unpaired) electrons. The van der Waals surface area contributed by atoms with Gasteiger partial charge in [-0.1, -0.05) is 22.0 Å². The Morgan fingerprint density at radius 1 is 1.50 bits per heavy atom. The normalized spacial score (nSPS) is 11.8. The van der Waals surface area contributed by atoms with Gasteiger partial charge >= 0.3 is 0 Å². The van der Waals surface area contributed by atoms with Crippen molar-refractivity contribution in [2.24, 2.45) is 0 Å². The van der Waals surface area contributed by atoms with E-state index in [9.17, 15) is 4.39 Å². The lowest BCUT2D eigenvalue weighted by Gasteiger charge is -2.15. The Hall–Kier alpha value is -0.850. The second kappa shape index (κ2) is 6.67. The molecule has 1 unspecified atom stereocenters. The molecule has 1 aromatic rings. The summed E-state index contributed by atoms with van der Waals surface area (Å²) in [5.74, 6) is 5.62. The minimum Gasteiger partial charge on any atom is -0.309 e. The molecule has 0 amide bonds. The van der Waals surface area contributed by atoms with E-state index in [1.54, 1.807) is 6.07 Å². The van der Waals surface area contributed by atoms with Crippen LogP contribution in [0.3, 0.4) is 0 Å². The predicted molar refractivity (Wildman–Crippen MR) is 68.6 cm³/mol. The lowest BCUT2D eigenvalue weighted by atomic mass is 10.1. The van der Waals surface area contributed by atoms with Gasteiger partial charge in [0.1, 0.15) is 5.82 Å². The SMILES string of the molecule is CC#CCCNC(C)c1ccc(F)cc1Br. The zero-order valence-electron chi connectivity index (χ0n) is 9.48. The van der Waals surface area contributed by atoms with Crippen LogP contribution < -0.4 is 5.32 Å². The minimum atomic E-state index is -0.223. The first-order valence-corrected chi connectivity index (χ1v) is 6.02. The van der Waals surface area contributed by atoms with Crippen molar-refractivity contribution < 1.29 is 4.39 Å². The van der Waals surface area contributed by atoms with Crippen molar-refractivity contribution in [1.82, 2.24) is 5.32 Å². The van der Waals surface area contributed by atoms with Crippen molar-refractivity contribution in [2.45, 2.75) is 26.3 Å². The maximum Gasteiger partial charge on any atom is 0.124 e. The first-order chi connectivity index (χ1) is 7.65. The van der Waals surface area contributed by atoms with Crippen LogP contribution in [0.2, 0.25) is 0 Å². The molecule has 1 nitrogen and oxygen atoms in total. The summed E-state index contributed by atoms with van der Waals surface area (Å²) in [5, 5.41) is 3.34. The molecule has 0 aliphatic heterocycles. The van der Waals surface area contributed by atoms with Gasteiger partial charge in [-0.15, -0.1) is 11.8 Å². The molecule has 1 rings (SSSR count). The quantitative estimate of drug-likeness (QED) is 0.657. The lowest BCUT2D eigenvalue weighted by molar-refractivity contribution is 0.577. The summed E-state index contributed by atoms with van der Waals surface area (Å²) in [6.07, 6.45) is 0.833. The Bertz CT molecular complexity index is 406. The second-order valence-electron chi connectivity index (χ2n) is 3.52. The van der Waals surface area contributed by atoms with Crippen molar-refractivity contribution in [3.05, 3.63) is 34.1 Å². The Morgan fingerprint density at radius 2 is 2.25 bits per heavy atom. The van der Waals surface area contributed by atoms with Gasteiger partial charge in [-0.25, -0.2) is 4.39 Å². The molecule has 1 aromatic carbocycles. The third-order valence-electron chi connectivity index (χ3n) is 2.31. The molecule has 0 saturated heterocycles. The van der Waals surface area contributed by atoms with Gasteiger partial charge in [0.05, 0.1) is 0 Å². The Balaban J connectivity index is 2.57. The number of hydrogen-bond donors (Lipinski definition) is 1. The van der Waals surface area contributed by atoms with Crippen molar-refractivity contribution >= 4 is 15.9 Å². The Labute approximate surface area is 105 Å². The lowest BCUT2D eigenvalue weighted by Crippen LogP contribution is -2.19. The van der Waals surface area contributed by atoms with E-state index in [2.05, 4.69) is 40.0 Å². The number of nitrogens with one attached hydrogen (secondary N) is 1. The van der Waals surface area contributed by atoms with E-state index in [-0.39, 0.29) is 11.9 Å². The highest BCUT2D eigenvalue weighted by atomic mass is 79.9. The largest absolute Gasteiger partial charge is 0.309 e. The number of rotatable bonds is 4. The topological polar surface area (TPSA) is 12.0 Å². The molecule has 16 heavy (non-hydrogen) atoms. The molecule has 0 spiro atoms. The fourth-order valence-electron chi connectivity index (χ4n) is 1.44. The molecule has 0 fully saturated rings. The summed E-state index contributed by atoms with van der Waals surface area (Å²) in [4.78, 5) is 0. The van der Waals surface area contributed by atoms with Crippen molar-refractivity contribution in [3.8, 4) is 11.8 Å². The average molecular weight is 284 g/mol. The average Bonchev–Trinajstić information content (AvgIpc) is 2.24. The molecule has 0 aliphatic carbocycles. The van der Waals surface area contributed by atoms with Crippen LogP contribution in [0, 0.1) is 17.7 Å². The second-order valence-corrected chi connectivity index (χ2v) is 4.37. The number of hydrogen-bond acceptors (Lipinski definition) is 1. The number of halogens is 2. The fraction of sp³-hybridized carbons (Fsp3) is 0.385. The van der Waals surface area contributed by atoms with Gasteiger partial charge in [-0.05, 0) is 31.5 Å². The Kier molecular flexibility index (Phi) is 5.51. The molecule has 86 valence electrons. The van der Waals surface area contributed by atoms with E-state index < -0.39 is 0 Å². The van der Waals surface area contributed by atoms with Crippen LogP contribution in [0.15, 0.2) is 22.7 Å². The summed E-state index contributed by atoms with van der Waals surface area (Å²) < 4.78 is 13.7. The van der Waals surface area contributed by atoms with Crippen LogP contribution in [0.5, 0.6) is 0 Å². The molecule has 0 saturated carbocycles. The van der Waals surface area contributed by atoms with Gasteiger partial charge < -0.3 is 5.32 Å². The predicted octanol–water partition coefficient (Wildman–Crippen LogP) is 3.65.